The van der Waals surface area contributed by atoms with Crippen molar-refractivity contribution < 1.29 is 14.6 Å². The lowest BCUT2D eigenvalue weighted by Gasteiger charge is -2.04. The third-order valence-corrected chi connectivity index (χ3v) is 2.46. The molecule has 0 saturated heterocycles. The van der Waals surface area contributed by atoms with E-state index in [4.69, 9.17) is 9.84 Å². The van der Waals surface area contributed by atoms with E-state index >= 15 is 0 Å². The molecule has 0 atom stereocenters. The lowest BCUT2D eigenvalue weighted by atomic mass is 10.2. The number of carboxylic acids is 1. The predicted octanol–water partition coefficient (Wildman–Crippen LogP) is 2.49. The molecule has 0 amide bonds. The fraction of sp³-hybridized carbons (Fsp3) is 0.308. The number of carboxylic acid groups (broad SMARTS) is 1. The average molecular weight is 261 g/mol. The van der Waals surface area contributed by atoms with Crippen molar-refractivity contribution in [2.24, 2.45) is 0 Å². The molecule has 2 aromatic rings. The number of pyridine rings is 1. The number of aryl methyl sites for hydroxylation is 2. The van der Waals surface area contributed by atoms with Gasteiger partial charge in [0.1, 0.15) is 0 Å². The van der Waals surface area contributed by atoms with E-state index in [9.17, 15) is 4.79 Å². The van der Waals surface area contributed by atoms with Crippen molar-refractivity contribution in [2.45, 2.75) is 26.8 Å². The third-order valence-electron chi connectivity index (χ3n) is 2.46. The van der Waals surface area contributed by atoms with Crippen LogP contribution in [0.1, 0.15) is 29.4 Å². The van der Waals surface area contributed by atoms with Gasteiger partial charge >= 0.3 is 5.97 Å². The lowest BCUT2D eigenvalue weighted by molar-refractivity contribution is 0.0696. The van der Waals surface area contributed by atoms with Crippen LogP contribution in [-0.2, 0) is 6.54 Å². The van der Waals surface area contributed by atoms with Crippen molar-refractivity contribution in [1.29, 1.82) is 0 Å². The van der Waals surface area contributed by atoms with Crippen molar-refractivity contribution in [3.8, 4) is 11.6 Å². The van der Waals surface area contributed by atoms with E-state index in [-0.39, 0.29) is 11.4 Å². The summed E-state index contributed by atoms with van der Waals surface area (Å²) in [6.07, 6.45) is 4.32. The van der Waals surface area contributed by atoms with Crippen LogP contribution < -0.4 is 4.74 Å². The molecule has 0 aromatic carbocycles. The first-order valence-electron chi connectivity index (χ1n) is 6.00. The smallest absolute Gasteiger partial charge is 0.335 e. The van der Waals surface area contributed by atoms with Gasteiger partial charge in [0.25, 0.3) is 0 Å². The summed E-state index contributed by atoms with van der Waals surface area (Å²) in [7, 11) is 0. The molecule has 6 heteroatoms. The largest absolute Gasteiger partial charge is 0.478 e. The van der Waals surface area contributed by atoms with Gasteiger partial charge in [0, 0.05) is 18.3 Å². The van der Waals surface area contributed by atoms with Crippen LogP contribution in [0.4, 0.5) is 0 Å². The first-order valence-corrected chi connectivity index (χ1v) is 6.00. The Morgan fingerprint density at radius 2 is 2.26 bits per heavy atom. The molecule has 0 aliphatic heterocycles. The molecule has 19 heavy (non-hydrogen) atoms. The first-order chi connectivity index (χ1) is 9.08. The average Bonchev–Trinajstić information content (AvgIpc) is 2.76. The van der Waals surface area contributed by atoms with E-state index in [1.807, 2.05) is 0 Å². The standard InChI is InChI=1S/C13H15N3O3/c1-3-4-16-8-11(7-14-16)19-12-6-10(13(17)18)5-9(2)15-12/h5-8H,3-4H2,1-2H3,(H,17,18). The van der Waals surface area contributed by atoms with Gasteiger partial charge in [-0.15, -0.1) is 0 Å². The normalized spacial score (nSPS) is 10.4. The SMILES string of the molecule is CCCn1cc(Oc2cc(C(=O)O)cc(C)n2)cn1. The molecule has 0 bridgehead atoms. The Kier molecular flexibility index (Phi) is 3.79. The highest BCUT2D eigenvalue weighted by atomic mass is 16.5. The molecule has 6 nitrogen and oxygen atoms in total. The molecule has 0 aliphatic rings. The molecular formula is C13H15N3O3. The van der Waals surface area contributed by atoms with Crippen LogP contribution in [0, 0.1) is 6.92 Å². The van der Waals surface area contributed by atoms with E-state index in [0.717, 1.165) is 13.0 Å². The third kappa shape index (κ3) is 3.31. The number of carbonyl (C=O) groups is 1. The van der Waals surface area contributed by atoms with Gasteiger partial charge in [-0.1, -0.05) is 6.92 Å². The first kappa shape index (κ1) is 13.1. The number of nitrogens with zero attached hydrogens (tertiary/aromatic N) is 3. The zero-order valence-corrected chi connectivity index (χ0v) is 10.8. The number of hydrogen-bond donors (Lipinski definition) is 1. The Morgan fingerprint density at radius 3 is 2.95 bits per heavy atom. The lowest BCUT2D eigenvalue weighted by Crippen LogP contribution is -1.99. The molecule has 2 rings (SSSR count). The van der Waals surface area contributed by atoms with Crippen molar-refractivity contribution in [2.75, 3.05) is 0 Å². The fourth-order valence-electron chi connectivity index (χ4n) is 1.68. The van der Waals surface area contributed by atoms with Gasteiger partial charge < -0.3 is 9.84 Å². The van der Waals surface area contributed by atoms with E-state index in [2.05, 4.69) is 17.0 Å². The molecule has 100 valence electrons. The monoisotopic (exact) mass is 261 g/mol. The zero-order chi connectivity index (χ0) is 13.8. The minimum atomic E-state index is -1.00. The van der Waals surface area contributed by atoms with Gasteiger partial charge in [0.2, 0.25) is 5.88 Å². The molecule has 2 heterocycles. The zero-order valence-electron chi connectivity index (χ0n) is 10.8. The van der Waals surface area contributed by atoms with Gasteiger partial charge in [0.05, 0.1) is 18.0 Å². The maximum Gasteiger partial charge on any atom is 0.335 e. The molecule has 0 unspecified atom stereocenters. The Hall–Kier alpha value is -2.37. The molecular weight excluding hydrogens is 246 g/mol. The molecule has 0 fully saturated rings. The maximum atomic E-state index is 10.9. The van der Waals surface area contributed by atoms with Crippen LogP contribution in [-0.4, -0.2) is 25.8 Å². The second-order valence-electron chi connectivity index (χ2n) is 4.18. The van der Waals surface area contributed by atoms with Crippen molar-refractivity contribution in [1.82, 2.24) is 14.8 Å². The van der Waals surface area contributed by atoms with Gasteiger partial charge in [-0.05, 0) is 19.4 Å². The Balaban J connectivity index is 2.19. The molecule has 0 aliphatic carbocycles. The van der Waals surface area contributed by atoms with Gasteiger partial charge in [-0.25, -0.2) is 9.78 Å². The Morgan fingerprint density at radius 1 is 1.47 bits per heavy atom. The molecule has 1 N–H and O–H groups in total. The van der Waals surface area contributed by atoms with Crippen LogP contribution in [0.3, 0.4) is 0 Å². The van der Waals surface area contributed by atoms with E-state index < -0.39 is 5.97 Å². The number of ether oxygens (including phenoxy) is 1. The molecule has 0 saturated carbocycles. The van der Waals surface area contributed by atoms with Gasteiger partial charge in [-0.3, -0.25) is 4.68 Å². The van der Waals surface area contributed by atoms with Crippen LogP contribution in [0.5, 0.6) is 11.6 Å². The number of aromatic nitrogens is 3. The van der Waals surface area contributed by atoms with Crippen LogP contribution in [0.15, 0.2) is 24.5 Å². The summed E-state index contributed by atoms with van der Waals surface area (Å²) in [5.41, 5.74) is 0.749. The van der Waals surface area contributed by atoms with Crippen molar-refractivity contribution >= 4 is 5.97 Å². The summed E-state index contributed by atoms with van der Waals surface area (Å²) >= 11 is 0. The fourth-order valence-corrected chi connectivity index (χ4v) is 1.68. The van der Waals surface area contributed by atoms with Crippen molar-refractivity contribution in [3.05, 3.63) is 35.8 Å². The number of aromatic carboxylic acids is 1. The quantitative estimate of drug-likeness (QED) is 0.894. The summed E-state index contributed by atoms with van der Waals surface area (Å²) in [5, 5.41) is 13.1. The topological polar surface area (TPSA) is 77.2 Å². The minimum Gasteiger partial charge on any atom is -0.478 e. The summed E-state index contributed by atoms with van der Waals surface area (Å²) in [5.74, 6) is -0.201. The van der Waals surface area contributed by atoms with E-state index in [0.29, 0.717) is 11.4 Å². The highest BCUT2D eigenvalue weighted by Gasteiger charge is 2.09. The minimum absolute atomic E-state index is 0.156. The van der Waals surface area contributed by atoms with Crippen LogP contribution in [0.25, 0.3) is 0 Å². The van der Waals surface area contributed by atoms with Crippen LogP contribution in [0.2, 0.25) is 0 Å². The second kappa shape index (κ2) is 5.51. The molecule has 2 aromatic heterocycles. The van der Waals surface area contributed by atoms with Gasteiger partial charge in [-0.2, -0.15) is 5.10 Å². The summed E-state index contributed by atoms with van der Waals surface area (Å²) in [6, 6.07) is 2.89. The van der Waals surface area contributed by atoms with Gasteiger partial charge in [0.15, 0.2) is 5.75 Å². The number of rotatable bonds is 5. The molecule has 0 radical (unpaired) electrons. The second-order valence-corrected chi connectivity index (χ2v) is 4.18. The van der Waals surface area contributed by atoms with Crippen molar-refractivity contribution in [3.63, 3.8) is 0 Å². The molecule has 0 spiro atoms. The Labute approximate surface area is 110 Å². The summed E-state index contributed by atoms with van der Waals surface area (Å²) < 4.78 is 7.29. The highest BCUT2D eigenvalue weighted by molar-refractivity contribution is 5.88. The summed E-state index contributed by atoms with van der Waals surface area (Å²) in [6.45, 7) is 4.59. The number of hydrogen-bond acceptors (Lipinski definition) is 4. The summed E-state index contributed by atoms with van der Waals surface area (Å²) in [4.78, 5) is 15.1. The van der Waals surface area contributed by atoms with E-state index in [1.165, 1.54) is 12.1 Å². The van der Waals surface area contributed by atoms with Crippen LogP contribution >= 0.6 is 0 Å². The Bertz CT molecular complexity index is 593. The van der Waals surface area contributed by atoms with E-state index in [1.54, 1.807) is 24.0 Å². The maximum absolute atomic E-state index is 10.9. The highest BCUT2D eigenvalue weighted by Crippen LogP contribution is 2.20. The predicted molar refractivity (Wildman–Crippen MR) is 68.5 cm³/mol.